The van der Waals surface area contributed by atoms with E-state index in [1.165, 1.54) is 86.1 Å². The third-order valence-corrected chi connectivity index (χ3v) is 13.5. The SMILES string of the molecule is CC(C)(C)[S@@](=O)N[C@H](c1ccc2ccccc2c1)c1ccccc1P(C1CCCCC1)C1CCCCC1. The van der Waals surface area contributed by atoms with Crippen molar-refractivity contribution >= 4 is 35.0 Å². The lowest BCUT2D eigenvalue weighted by molar-refractivity contribution is 0.487. The van der Waals surface area contributed by atoms with Crippen LogP contribution in [0.25, 0.3) is 10.8 Å². The number of rotatable bonds is 7. The van der Waals surface area contributed by atoms with Gasteiger partial charge in [-0.05, 0) is 91.0 Å². The molecule has 2 nitrogen and oxygen atoms in total. The molecule has 0 heterocycles. The van der Waals surface area contributed by atoms with Crippen LogP contribution in [0.3, 0.4) is 0 Å². The third kappa shape index (κ3) is 6.38. The van der Waals surface area contributed by atoms with E-state index in [0.29, 0.717) is 0 Å². The van der Waals surface area contributed by atoms with Gasteiger partial charge in [-0.1, -0.05) is 107 Å². The van der Waals surface area contributed by atoms with Gasteiger partial charge in [-0.2, -0.15) is 0 Å². The molecule has 2 fully saturated rings. The van der Waals surface area contributed by atoms with E-state index in [2.05, 4.69) is 92.2 Å². The monoisotopic (exact) mass is 533 g/mol. The normalized spacial score (nSPS) is 19.8. The summed E-state index contributed by atoms with van der Waals surface area (Å²) in [5.41, 5.74) is 4.24. The highest BCUT2D eigenvalue weighted by Gasteiger charge is 2.35. The number of nitrogens with one attached hydrogen (secondary N) is 1. The van der Waals surface area contributed by atoms with Crippen LogP contribution in [-0.4, -0.2) is 20.3 Å². The smallest absolute Gasteiger partial charge is 0.0979 e. The minimum atomic E-state index is -1.18. The quantitative estimate of drug-likeness (QED) is 0.302. The Labute approximate surface area is 228 Å². The summed E-state index contributed by atoms with van der Waals surface area (Å²) in [6, 6.07) is 24.5. The van der Waals surface area contributed by atoms with Gasteiger partial charge in [0.05, 0.1) is 21.8 Å². The number of hydrogen-bond donors (Lipinski definition) is 1. The summed E-state index contributed by atoms with van der Waals surface area (Å²) in [7, 11) is -1.44. The Balaban J connectivity index is 1.62. The van der Waals surface area contributed by atoms with Crippen LogP contribution in [0, 0.1) is 0 Å². The number of benzene rings is 3. The Morgan fingerprint density at radius 2 is 1.32 bits per heavy atom. The molecule has 3 aromatic rings. The Morgan fingerprint density at radius 1 is 0.757 bits per heavy atom. The average molecular weight is 534 g/mol. The van der Waals surface area contributed by atoms with E-state index in [4.69, 9.17) is 0 Å². The molecule has 37 heavy (non-hydrogen) atoms. The van der Waals surface area contributed by atoms with E-state index in [1.54, 1.807) is 5.30 Å². The molecule has 3 aromatic carbocycles. The maximum absolute atomic E-state index is 13.6. The minimum absolute atomic E-state index is 0.0851. The summed E-state index contributed by atoms with van der Waals surface area (Å²) in [6.07, 6.45) is 13.9. The predicted octanol–water partition coefficient (Wildman–Crippen LogP) is 8.75. The molecule has 2 aliphatic rings. The fraction of sp³-hybridized carbons (Fsp3) is 0.515. The summed E-state index contributed by atoms with van der Waals surface area (Å²) < 4.78 is 16.9. The molecular formula is C33H44NOPS. The van der Waals surface area contributed by atoms with Crippen molar-refractivity contribution in [2.24, 2.45) is 0 Å². The first-order valence-electron chi connectivity index (χ1n) is 14.5. The first-order valence-corrected chi connectivity index (χ1v) is 17.1. The first kappa shape index (κ1) is 27.0. The van der Waals surface area contributed by atoms with Crippen LogP contribution in [0.2, 0.25) is 0 Å². The van der Waals surface area contributed by atoms with Gasteiger partial charge < -0.3 is 0 Å². The minimum Gasteiger partial charge on any atom is -0.242 e. The topological polar surface area (TPSA) is 29.1 Å². The second-order valence-corrected chi connectivity index (χ2v) is 16.8. The Hall–Kier alpha value is -1.54. The van der Waals surface area contributed by atoms with Gasteiger partial charge in [0.25, 0.3) is 0 Å². The Bertz CT molecular complexity index is 1190. The van der Waals surface area contributed by atoms with E-state index in [9.17, 15) is 4.21 Å². The van der Waals surface area contributed by atoms with Crippen molar-refractivity contribution in [1.29, 1.82) is 0 Å². The zero-order valence-electron chi connectivity index (χ0n) is 22.9. The lowest BCUT2D eigenvalue weighted by atomic mass is 9.97. The van der Waals surface area contributed by atoms with Crippen molar-refractivity contribution in [1.82, 2.24) is 4.72 Å². The summed E-state index contributed by atoms with van der Waals surface area (Å²) in [5, 5.41) is 4.07. The molecule has 0 saturated heterocycles. The van der Waals surface area contributed by atoms with E-state index in [0.717, 1.165) is 11.3 Å². The zero-order valence-corrected chi connectivity index (χ0v) is 24.6. The molecule has 2 aliphatic carbocycles. The van der Waals surface area contributed by atoms with Crippen molar-refractivity contribution in [3.63, 3.8) is 0 Å². The van der Waals surface area contributed by atoms with Crippen molar-refractivity contribution in [3.8, 4) is 0 Å². The van der Waals surface area contributed by atoms with Crippen LogP contribution in [0.4, 0.5) is 0 Å². The van der Waals surface area contributed by atoms with E-state index in [-0.39, 0.29) is 18.7 Å². The molecule has 0 aliphatic heterocycles. The second-order valence-electron chi connectivity index (χ2n) is 12.1. The predicted molar refractivity (Wildman–Crippen MR) is 164 cm³/mol. The van der Waals surface area contributed by atoms with Crippen molar-refractivity contribution in [2.75, 3.05) is 0 Å². The lowest BCUT2D eigenvalue weighted by Crippen LogP contribution is -2.38. The average Bonchev–Trinajstić information content (AvgIpc) is 2.92. The molecule has 2 atom stereocenters. The fourth-order valence-electron chi connectivity index (χ4n) is 6.36. The van der Waals surface area contributed by atoms with Gasteiger partial charge in [0.1, 0.15) is 0 Å². The third-order valence-electron chi connectivity index (χ3n) is 8.35. The van der Waals surface area contributed by atoms with Gasteiger partial charge in [-0.3, -0.25) is 0 Å². The molecule has 5 rings (SSSR count). The van der Waals surface area contributed by atoms with Gasteiger partial charge in [0.15, 0.2) is 0 Å². The summed E-state index contributed by atoms with van der Waals surface area (Å²) in [6.45, 7) is 6.20. The molecule has 0 bridgehead atoms. The van der Waals surface area contributed by atoms with E-state index in [1.807, 2.05) is 0 Å². The van der Waals surface area contributed by atoms with Crippen molar-refractivity contribution in [3.05, 3.63) is 77.9 Å². The lowest BCUT2D eigenvalue weighted by Gasteiger charge is -2.40. The van der Waals surface area contributed by atoms with Crippen LogP contribution < -0.4 is 10.0 Å². The molecular weight excluding hydrogens is 489 g/mol. The molecule has 198 valence electrons. The maximum Gasteiger partial charge on any atom is 0.0979 e. The first-order chi connectivity index (χ1) is 17.9. The van der Waals surface area contributed by atoms with Crippen LogP contribution in [-0.2, 0) is 11.0 Å². The van der Waals surface area contributed by atoms with Crippen LogP contribution in [0.15, 0.2) is 66.7 Å². The molecule has 0 amide bonds. The molecule has 1 N–H and O–H groups in total. The maximum atomic E-state index is 13.6. The van der Waals surface area contributed by atoms with Gasteiger partial charge >= 0.3 is 0 Å². The highest BCUT2D eigenvalue weighted by Crippen LogP contribution is 2.56. The van der Waals surface area contributed by atoms with Gasteiger partial charge in [-0.15, -0.1) is 0 Å². The molecule has 2 saturated carbocycles. The van der Waals surface area contributed by atoms with Gasteiger partial charge in [0, 0.05) is 0 Å². The van der Waals surface area contributed by atoms with Crippen molar-refractivity contribution < 1.29 is 4.21 Å². The molecule has 0 aromatic heterocycles. The summed E-state index contributed by atoms with van der Waals surface area (Å²) in [5.74, 6) is 0. The fourth-order valence-corrected chi connectivity index (χ4v) is 11.2. The molecule has 0 radical (unpaired) electrons. The largest absolute Gasteiger partial charge is 0.242 e. The van der Waals surface area contributed by atoms with E-state index < -0.39 is 11.0 Å². The van der Waals surface area contributed by atoms with Gasteiger partial charge in [0.2, 0.25) is 0 Å². The molecule has 0 unspecified atom stereocenters. The van der Waals surface area contributed by atoms with E-state index >= 15 is 0 Å². The highest BCUT2D eigenvalue weighted by atomic mass is 32.2. The number of fused-ring (bicyclic) bond motifs is 1. The Kier molecular flexibility index (Phi) is 8.85. The number of hydrogen-bond acceptors (Lipinski definition) is 1. The summed E-state index contributed by atoms with van der Waals surface area (Å²) in [4.78, 5) is 0. The van der Waals surface area contributed by atoms with Crippen molar-refractivity contribution in [2.45, 2.75) is 107 Å². The standard InChI is InChI=1S/C33H44NOPS/c1-33(2,3)37(35)34-32(27-23-22-25-14-10-11-15-26(25)24-27)30-20-12-13-21-31(30)36(28-16-6-4-7-17-28)29-18-8-5-9-19-29/h10-15,20-24,28-29,32,34H,4-9,16-19H2,1-3H3/t32-,37-/m1/s1. The van der Waals surface area contributed by atoms with Crippen LogP contribution in [0.5, 0.6) is 0 Å². The van der Waals surface area contributed by atoms with Gasteiger partial charge in [-0.25, -0.2) is 8.93 Å². The van der Waals surface area contributed by atoms with Crippen LogP contribution >= 0.6 is 7.92 Å². The molecule has 0 spiro atoms. The highest BCUT2D eigenvalue weighted by molar-refractivity contribution is 7.84. The Morgan fingerprint density at radius 3 is 1.95 bits per heavy atom. The zero-order chi connectivity index (χ0) is 25.8. The molecule has 4 heteroatoms. The second kappa shape index (κ2) is 12.1. The van der Waals surface area contributed by atoms with Crippen LogP contribution in [0.1, 0.15) is 102 Å². The summed E-state index contributed by atoms with van der Waals surface area (Å²) >= 11 is 0.